The van der Waals surface area contributed by atoms with Crippen molar-refractivity contribution in [2.24, 2.45) is 0 Å². The van der Waals surface area contributed by atoms with Crippen LogP contribution >= 0.6 is 23.4 Å². The third-order valence-corrected chi connectivity index (χ3v) is 6.49. The number of nitrogens with zero attached hydrogens (tertiary/aromatic N) is 3. The number of carbonyl (C=O) groups is 1. The molecule has 3 aromatic carbocycles. The van der Waals surface area contributed by atoms with Gasteiger partial charge in [0.05, 0.1) is 18.6 Å². The molecule has 0 bridgehead atoms. The van der Waals surface area contributed by atoms with Crippen LogP contribution in [-0.2, 0) is 13.2 Å². The van der Waals surface area contributed by atoms with Crippen LogP contribution in [0.5, 0.6) is 5.75 Å². The van der Waals surface area contributed by atoms with Crippen LogP contribution in [-0.4, -0.2) is 26.3 Å². The maximum Gasteiger partial charge on any atom is 0.192 e. The quantitative estimate of drug-likeness (QED) is 0.179. The molecular formula is C26H20ClN3O3S. The molecule has 0 aliphatic carbocycles. The summed E-state index contributed by atoms with van der Waals surface area (Å²) in [5.74, 6) is 2.34. The average Bonchev–Trinajstić information content (AvgIpc) is 3.52. The summed E-state index contributed by atoms with van der Waals surface area (Å²) in [5.41, 5.74) is 0.676. The van der Waals surface area contributed by atoms with E-state index in [1.165, 1.54) is 11.8 Å². The topological polar surface area (TPSA) is 70.2 Å². The van der Waals surface area contributed by atoms with Gasteiger partial charge >= 0.3 is 0 Å². The second kappa shape index (κ2) is 10.2. The van der Waals surface area contributed by atoms with Crippen molar-refractivity contribution in [3.05, 3.63) is 107 Å². The fourth-order valence-electron chi connectivity index (χ4n) is 3.50. The van der Waals surface area contributed by atoms with Crippen LogP contribution in [0.1, 0.15) is 21.9 Å². The summed E-state index contributed by atoms with van der Waals surface area (Å²) in [7, 11) is 0. The predicted molar refractivity (Wildman–Crippen MR) is 133 cm³/mol. The van der Waals surface area contributed by atoms with Crippen LogP contribution in [0.2, 0.25) is 5.02 Å². The van der Waals surface area contributed by atoms with Crippen LogP contribution in [0.4, 0.5) is 0 Å². The Kier molecular flexibility index (Phi) is 6.65. The van der Waals surface area contributed by atoms with Gasteiger partial charge in [0.2, 0.25) is 0 Å². The highest BCUT2D eigenvalue weighted by Gasteiger charge is 2.17. The smallest absolute Gasteiger partial charge is 0.192 e. The molecule has 8 heteroatoms. The zero-order valence-corrected chi connectivity index (χ0v) is 19.6. The van der Waals surface area contributed by atoms with Crippen LogP contribution in [0.3, 0.4) is 0 Å². The Morgan fingerprint density at radius 2 is 1.79 bits per heavy atom. The van der Waals surface area contributed by atoms with E-state index in [2.05, 4.69) is 10.2 Å². The summed E-state index contributed by atoms with van der Waals surface area (Å²) >= 11 is 7.29. The molecule has 0 aliphatic rings. The van der Waals surface area contributed by atoms with Crippen molar-refractivity contribution >= 4 is 39.9 Å². The normalized spacial score (nSPS) is 11.1. The van der Waals surface area contributed by atoms with E-state index in [-0.39, 0.29) is 18.1 Å². The molecule has 0 radical (unpaired) electrons. The Morgan fingerprint density at radius 3 is 2.59 bits per heavy atom. The van der Waals surface area contributed by atoms with Gasteiger partial charge in [-0.15, -0.1) is 10.2 Å². The van der Waals surface area contributed by atoms with E-state index < -0.39 is 0 Å². The molecule has 5 aromatic rings. The van der Waals surface area contributed by atoms with Crippen molar-refractivity contribution in [3.8, 4) is 5.75 Å². The molecule has 0 N–H and O–H groups in total. The predicted octanol–water partition coefficient (Wildman–Crippen LogP) is 6.28. The van der Waals surface area contributed by atoms with Gasteiger partial charge in [0.25, 0.3) is 0 Å². The highest BCUT2D eigenvalue weighted by Crippen LogP contribution is 2.23. The molecule has 5 rings (SSSR count). The van der Waals surface area contributed by atoms with Crippen molar-refractivity contribution in [1.29, 1.82) is 0 Å². The zero-order valence-electron chi connectivity index (χ0n) is 18.1. The second-order valence-corrected chi connectivity index (χ2v) is 8.96. The van der Waals surface area contributed by atoms with Crippen molar-refractivity contribution in [3.63, 3.8) is 0 Å². The van der Waals surface area contributed by atoms with Gasteiger partial charge < -0.3 is 9.15 Å². The minimum absolute atomic E-state index is 0.0299. The van der Waals surface area contributed by atoms with Gasteiger partial charge in [0, 0.05) is 10.6 Å². The number of aromatic nitrogens is 3. The number of rotatable bonds is 9. The molecule has 0 saturated carbocycles. The van der Waals surface area contributed by atoms with Crippen molar-refractivity contribution < 1.29 is 13.9 Å². The number of ketones is 1. The van der Waals surface area contributed by atoms with E-state index in [1.807, 2.05) is 59.2 Å². The number of ether oxygens (including phenoxy) is 1. The van der Waals surface area contributed by atoms with Gasteiger partial charge in [-0.25, -0.2) is 0 Å². The number of Topliss-reactive ketones (excluding diaryl/α,β-unsaturated/α-hetero) is 1. The van der Waals surface area contributed by atoms with Gasteiger partial charge in [0.1, 0.15) is 18.1 Å². The van der Waals surface area contributed by atoms with Crippen LogP contribution in [0.25, 0.3) is 10.8 Å². The van der Waals surface area contributed by atoms with E-state index in [0.29, 0.717) is 33.9 Å². The molecule has 34 heavy (non-hydrogen) atoms. The molecule has 2 aromatic heterocycles. The first-order valence-corrected chi connectivity index (χ1v) is 12.0. The number of fused-ring (bicyclic) bond motifs is 1. The molecule has 6 nitrogen and oxygen atoms in total. The lowest BCUT2D eigenvalue weighted by Gasteiger charge is -2.10. The highest BCUT2D eigenvalue weighted by molar-refractivity contribution is 7.99. The highest BCUT2D eigenvalue weighted by atomic mass is 35.5. The summed E-state index contributed by atoms with van der Waals surface area (Å²) in [6.45, 7) is 0.653. The molecule has 170 valence electrons. The number of hydrogen-bond donors (Lipinski definition) is 0. The maximum absolute atomic E-state index is 12.9. The lowest BCUT2D eigenvalue weighted by Crippen LogP contribution is -2.10. The summed E-state index contributed by atoms with van der Waals surface area (Å²) < 4.78 is 13.3. The van der Waals surface area contributed by atoms with Crippen LogP contribution < -0.4 is 4.74 Å². The standard InChI is InChI=1S/C26H20ClN3O3S/c27-21-9-11-22(12-10-21)33-16-25-28-29-26(30(25)15-23-6-3-13-32-23)34-17-24(31)20-8-7-18-4-1-2-5-19(18)14-20/h1-14H,15-17H2. The SMILES string of the molecule is O=C(CSc1nnc(COc2ccc(Cl)cc2)n1Cc1ccco1)c1ccc2ccccc2c1. The van der Waals surface area contributed by atoms with Crippen molar-refractivity contribution in [1.82, 2.24) is 14.8 Å². The molecule has 0 aliphatic heterocycles. The first-order valence-electron chi connectivity index (χ1n) is 10.6. The number of halogens is 1. The lowest BCUT2D eigenvalue weighted by molar-refractivity contribution is 0.102. The Hall–Kier alpha value is -3.55. The van der Waals surface area contributed by atoms with E-state index in [1.54, 1.807) is 30.5 Å². The summed E-state index contributed by atoms with van der Waals surface area (Å²) in [4.78, 5) is 12.9. The number of hydrogen-bond acceptors (Lipinski definition) is 6. The lowest BCUT2D eigenvalue weighted by atomic mass is 10.1. The maximum atomic E-state index is 12.9. The Morgan fingerprint density at radius 1 is 0.971 bits per heavy atom. The average molecular weight is 490 g/mol. The minimum atomic E-state index is 0.0299. The molecule has 0 fully saturated rings. The van der Waals surface area contributed by atoms with Gasteiger partial charge in [0.15, 0.2) is 16.8 Å². The van der Waals surface area contributed by atoms with Crippen molar-refractivity contribution in [2.45, 2.75) is 18.3 Å². The summed E-state index contributed by atoms with van der Waals surface area (Å²) in [5, 5.41) is 12.0. The van der Waals surface area contributed by atoms with Gasteiger partial charge in [-0.2, -0.15) is 0 Å². The van der Waals surface area contributed by atoms with Gasteiger partial charge in [-0.05, 0) is 53.2 Å². The fraction of sp³-hybridized carbons (Fsp3) is 0.115. The Bertz CT molecular complexity index is 1420. The first kappa shape index (κ1) is 22.3. The summed E-state index contributed by atoms with van der Waals surface area (Å²) in [6, 6.07) is 24.6. The van der Waals surface area contributed by atoms with Gasteiger partial charge in [-0.3, -0.25) is 9.36 Å². The number of thioether (sulfide) groups is 1. The third-order valence-electron chi connectivity index (χ3n) is 5.27. The molecule has 2 heterocycles. The van der Waals surface area contributed by atoms with Crippen LogP contribution in [0, 0.1) is 0 Å². The Labute approximate surface area is 205 Å². The first-order chi connectivity index (χ1) is 16.7. The van der Waals surface area contributed by atoms with E-state index >= 15 is 0 Å². The molecule has 0 unspecified atom stereocenters. The van der Waals surface area contributed by atoms with Crippen molar-refractivity contribution in [2.75, 3.05) is 5.75 Å². The molecule has 0 spiro atoms. The largest absolute Gasteiger partial charge is 0.486 e. The fourth-order valence-corrected chi connectivity index (χ4v) is 4.48. The van der Waals surface area contributed by atoms with E-state index in [0.717, 1.165) is 16.5 Å². The Balaban J connectivity index is 1.32. The van der Waals surface area contributed by atoms with E-state index in [9.17, 15) is 4.79 Å². The number of carbonyl (C=O) groups excluding carboxylic acids is 1. The third kappa shape index (κ3) is 5.16. The minimum Gasteiger partial charge on any atom is -0.486 e. The molecule has 0 atom stereocenters. The zero-order chi connectivity index (χ0) is 23.3. The monoisotopic (exact) mass is 489 g/mol. The molecule has 0 saturated heterocycles. The van der Waals surface area contributed by atoms with Gasteiger partial charge in [-0.1, -0.05) is 59.8 Å². The number of benzene rings is 3. The molecular weight excluding hydrogens is 470 g/mol. The second-order valence-electron chi connectivity index (χ2n) is 7.58. The van der Waals surface area contributed by atoms with Crippen LogP contribution in [0.15, 0.2) is 94.7 Å². The molecule has 0 amide bonds. The number of furan rings is 1. The summed E-state index contributed by atoms with van der Waals surface area (Å²) in [6.07, 6.45) is 1.62. The van der Waals surface area contributed by atoms with E-state index in [4.69, 9.17) is 20.8 Å².